The van der Waals surface area contributed by atoms with Crippen molar-refractivity contribution in [2.24, 2.45) is 22.7 Å². The van der Waals surface area contributed by atoms with Gasteiger partial charge in [-0.15, -0.1) is 23.5 Å². The third-order valence-electron chi connectivity index (χ3n) is 8.68. The summed E-state index contributed by atoms with van der Waals surface area (Å²) in [7, 11) is 0. The van der Waals surface area contributed by atoms with Gasteiger partial charge in [0.05, 0.1) is 9.98 Å². The van der Waals surface area contributed by atoms with Gasteiger partial charge < -0.3 is 19.3 Å². The average molecular weight is 671 g/mol. The van der Waals surface area contributed by atoms with Crippen LogP contribution in [0.5, 0.6) is 0 Å². The van der Waals surface area contributed by atoms with Crippen LogP contribution in [0.3, 0.4) is 0 Å². The standard InChI is InChI=1S/C31H46N2O2S6/c1-30(2,8-12-32-26(36)20-24-22(28(32)38)6-18-40-24)10-16-34-14-5-15-35-17-11-31(3,4)9-13-33-27(37)21-25-23(29(33)39)7-19-41-25/h20-23H,5-19H2,1-4H3. The Morgan fingerprint density at radius 2 is 1.10 bits per heavy atom. The third kappa shape index (κ3) is 9.52. The van der Waals surface area contributed by atoms with E-state index in [4.69, 9.17) is 58.3 Å². The van der Waals surface area contributed by atoms with E-state index in [1.165, 1.54) is 9.81 Å². The molecule has 0 amide bonds. The molecule has 4 heterocycles. The molecule has 10 heteroatoms. The van der Waals surface area contributed by atoms with Gasteiger partial charge in [-0.1, -0.05) is 76.6 Å². The summed E-state index contributed by atoms with van der Waals surface area (Å²) in [6, 6.07) is 0. The van der Waals surface area contributed by atoms with E-state index in [2.05, 4.69) is 49.6 Å². The maximum absolute atomic E-state index is 5.97. The van der Waals surface area contributed by atoms with Crippen molar-refractivity contribution in [1.82, 2.24) is 9.80 Å². The predicted octanol–water partition coefficient (Wildman–Crippen LogP) is 8.24. The van der Waals surface area contributed by atoms with Gasteiger partial charge in [0, 0.05) is 51.4 Å². The van der Waals surface area contributed by atoms with Crippen molar-refractivity contribution in [2.45, 2.75) is 72.6 Å². The number of hydrogen-bond acceptors (Lipinski definition) is 8. The third-order valence-corrected chi connectivity index (χ3v) is 12.7. The lowest BCUT2D eigenvalue weighted by molar-refractivity contribution is 0.0588. The zero-order valence-corrected chi connectivity index (χ0v) is 30.0. The summed E-state index contributed by atoms with van der Waals surface area (Å²) >= 11 is 26.8. The van der Waals surface area contributed by atoms with Crippen molar-refractivity contribution in [3.63, 3.8) is 0 Å². The first kappa shape index (κ1) is 33.9. The minimum absolute atomic E-state index is 0.179. The van der Waals surface area contributed by atoms with Crippen LogP contribution in [0, 0.1) is 22.7 Å². The number of thioether (sulfide) groups is 2. The monoisotopic (exact) mass is 670 g/mol. The van der Waals surface area contributed by atoms with Crippen LogP contribution in [0.25, 0.3) is 0 Å². The van der Waals surface area contributed by atoms with E-state index in [9.17, 15) is 0 Å². The molecule has 2 saturated heterocycles. The van der Waals surface area contributed by atoms with E-state index in [0.717, 1.165) is 116 Å². The van der Waals surface area contributed by atoms with Gasteiger partial charge in [0.1, 0.15) is 9.98 Å². The highest BCUT2D eigenvalue weighted by Crippen LogP contribution is 2.42. The Labute approximate surface area is 278 Å². The van der Waals surface area contributed by atoms with Crippen LogP contribution in [0.4, 0.5) is 0 Å². The zero-order chi connectivity index (χ0) is 29.6. The summed E-state index contributed by atoms with van der Waals surface area (Å²) < 4.78 is 11.9. The predicted molar refractivity (Wildman–Crippen MR) is 193 cm³/mol. The number of nitrogens with zero attached hydrogens (tertiary/aromatic N) is 2. The summed E-state index contributed by atoms with van der Waals surface area (Å²) in [5.41, 5.74) is 0.357. The van der Waals surface area contributed by atoms with E-state index in [-0.39, 0.29) is 10.8 Å². The number of fused-ring (bicyclic) bond motifs is 2. The van der Waals surface area contributed by atoms with Crippen LogP contribution in [0.15, 0.2) is 22.0 Å². The molecule has 2 unspecified atom stereocenters. The highest BCUT2D eigenvalue weighted by Gasteiger charge is 2.36. The smallest absolute Gasteiger partial charge is 0.107 e. The van der Waals surface area contributed by atoms with E-state index < -0.39 is 0 Å². The fourth-order valence-corrected chi connectivity index (χ4v) is 9.87. The molecule has 4 aliphatic heterocycles. The lowest BCUT2D eigenvalue weighted by Crippen LogP contribution is -2.42. The molecule has 4 nitrogen and oxygen atoms in total. The van der Waals surface area contributed by atoms with Gasteiger partial charge in [-0.25, -0.2) is 0 Å². The van der Waals surface area contributed by atoms with Crippen LogP contribution in [-0.4, -0.2) is 80.8 Å². The Bertz CT molecular complexity index is 987. The van der Waals surface area contributed by atoms with Gasteiger partial charge in [-0.3, -0.25) is 0 Å². The average Bonchev–Trinajstić information content (AvgIpc) is 3.57. The topological polar surface area (TPSA) is 24.9 Å². The molecule has 0 aromatic carbocycles. The highest BCUT2D eigenvalue weighted by atomic mass is 32.2. The maximum atomic E-state index is 5.97. The number of thiocarbonyl (C=S) groups is 4. The van der Waals surface area contributed by atoms with Gasteiger partial charge in [0.2, 0.25) is 0 Å². The quantitative estimate of drug-likeness (QED) is 0.118. The number of rotatable bonds is 16. The van der Waals surface area contributed by atoms with Crippen molar-refractivity contribution in [3.8, 4) is 0 Å². The second kappa shape index (κ2) is 15.4. The van der Waals surface area contributed by atoms with E-state index >= 15 is 0 Å². The second-order valence-electron chi connectivity index (χ2n) is 13.0. The molecular formula is C31H46N2O2S6. The molecule has 0 aromatic rings. The molecule has 0 aromatic heterocycles. The molecule has 0 N–H and O–H groups in total. The van der Waals surface area contributed by atoms with Crippen molar-refractivity contribution in [3.05, 3.63) is 22.0 Å². The molecule has 0 spiro atoms. The lowest BCUT2D eigenvalue weighted by atomic mass is 9.85. The van der Waals surface area contributed by atoms with Crippen molar-refractivity contribution in [1.29, 1.82) is 0 Å². The van der Waals surface area contributed by atoms with E-state index in [1.807, 2.05) is 23.5 Å². The molecule has 0 saturated carbocycles. The summed E-state index contributed by atoms with van der Waals surface area (Å²) in [5.74, 6) is 3.13. The van der Waals surface area contributed by atoms with Gasteiger partial charge >= 0.3 is 0 Å². The number of hydrogen-bond donors (Lipinski definition) is 0. The Hall–Kier alpha value is 0.0600. The van der Waals surface area contributed by atoms with Gasteiger partial charge in [0.25, 0.3) is 0 Å². The molecule has 4 aliphatic rings. The first-order chi connectivity index (χ1) is 19.5. The largest absolute Gasteiger partial charge is 0.381 e. The zero-order valence-electron chi connectivity index (χ0n) is 25.1. The molecular weight excluding hydrogens is 625 g/mol. The summed E-state index contributed by atoms with van der Waals surface area (Å²) in [6.07, 6.45) is 11.7. The second-order valence-corrected chi connectivity index (χ2v) is 17.0. The molecule has 0 aliphatic carbocycles. The molecule has 2 atom stereocenters. The Morgan fingerprint density at radius 1 is 0.683 bits per heavy atom. The van der Waals surface area contributed by atoms with Crippen LogP contribution in [-0.2, 0) is 9.47 Å². The first-order valence-electron chi connectivity index (χ1n) is 15.0. The van der Waals surface area contributed by atoms with Gasteiger partial charge in [0.15, 0.2) is 0 Å². The highest BCUT2D eigenvalue weighted by molar-refractivity contribution is 8.03. The molecule has 0 radical (unpaired) electrons. The molecule has 2 fully saturated rings. The molecule has 41 heavy (non-hydrogen) atoms. The summed E-state index contributed by atoms with van der Waals surface area (Å²) in [6.45, 7) is 14.1. The molecule has 4 rings (SSSR count). The van der Waals surface area contributed by atoms with E-state index in [0.29, 0.717) is 11.8 Å². The van der Waals surface area contributed by atoms with Gasteiger partial charge in [-0.2, -0.15) is 0 Å². The summed E-state index contributed by atoms with van der Waals surface area (Å²) in [4.78, 5) is 11.0. The van der Waals surface area contributed by atoms with Crippen molar-refractivity contribution in [2.75, 3.05) is 51.0 Å². The minimum atomic E-state index is 0.179. The Morgan fingerprint density at radius 3 is 1.51 bits per heavy atom. The Balaban J connectivity index is 1.03. The van der Waals surface area contributed by atoms with Crippen molar-refractivity contribution < 1.29 is 9.47 Å². The van der Waals surface area contributed by atoms with Crippen molar-refractivity contribution >= 4 is 92.3 Å². The van der Waals surface area contributed by atoms with Gasteiger partial charge in [-0.05, 0) is 89.2 Å². The van der Waals surface area contributed by atoms with Crippen LogP contribution in [0.1, 0.15) is 72.6 Å². The SMILES string of the molecule is CC(C)(CCOCCCOCCC(C)(C)CCN1C(=S)C=C2SCCC2C1=S)CCN1C(=S)C=C2SCCC2C1=S. The van der Waals surface area contributed by atoms with Crippen LogP contribution in [0.2, 0.25) is 0 Å². The van der Waals surface area contributed by atoms with E-state index in [1.54, 1.807) is 0 Å². The first-order valence-corrected chi connectivity index (χ1v) is 18.6. The fraction of sp³-hybridized carbons (Fsp3) is 0.742. The normalized spacial score (nSPS) is 23.2. The molecule has 228 valence electrons. The Kier molecular flexibility index (Phi) is 12.7. The fourth-order valence-electron chi connectivity index (χ4n) is 5.53. The van der Waals surface area contributed by atoms with Crippen LogP contribution >= 0.6 is 72.4 Å². The number of ether oxygens (including phenoxy) is 2. The maximum Gasteiger partial charge on any atom is 0.107 e. The molecule has 0 bridgehead atoms. The van der Waals surface area contributed by atoms with Crippen LogP contribution < -0.4 is 0 Å². The summed E-state index contributed by atoms with van der Waals surface area (Å²) in [5, 5.41) is 0. The lowest BCUT2D eigenvalue weighted by Gasteiger charge is -2.35. The minimum Gasteiger partial charge on any atom is -0.381 e.